The molecule has 43 heavy (non-hydrogen) atoms. The summed E-state index contributed by atoms with van der Waals surface area (Å²) in [5.41, 5.74) is 2.53. The van der Waals surface area contributed by atoms with Gasteiger partial charge < -0.3 is 34.1 Å². The first-order valence-corrected chi connectivity index (χ1v) is 14.6. The fourth-order valence-electron chi connectivity index (χ4n) is 5.74. The van der Waals surface area contributed by atoms with Gasteiger partial charge in [-0.3, -0.25) is 14.5 Å². The van der Waals surface area contributed by atoms with E-state index in [1.807, 2.05) is 60.5 Å². The number of hydrogen-bond acceptors (Lipinski definition) is 9. The van der Waals surface area contributed by atoms with Crippen LogP contribution in [-0.4, -0.2) is 98.8 Å². The number of rotatable bonds is 3. The molecule has 2 amide bonds. The minimum atomic E-state index is -0.292. The van der Waals surface area contributed by atoms with Gasteiger partial charge in [0.2, 0.25) is 5.91 Å². The third kappa shape index (κ3) is 6.90. The molecule has 0 aliphatic carbocycles. The minimum absolute atomic E-state index is 0.0332. The Labute approximate surface area is 251 Å². The molecule has 0 saturated carbocycles. The minimum Gasteiger partial charge on any atom is -0.493 e. The average molecular weight is 588 g/mol. The van der Waals surface area contributed by atoms with Crippen molar-refractivity contribution in [1.29, 1.82) is 0 Å². The summed E-state index contributed by atoms with van der Waals surface area (Å²) >= 11 is 0. The Kier molecular flexibility index (Phi) is 8.73. The highest BCUT2D eigenvalue weighted by atomic mass is 16.5. The molecule has 2 atom stereocenters. The lowest BCUT2D eigenvalue weighted by atomic mass is 10.1. The van der Waals surface area contributed by atoms with Crippen molar-refractivity contribution < 1.29 is 28.5 Å². The van der Waals surface area contributed by atoms with E-state index >= 15 is 0 Å². The van der Waals surface area contributed by atoms with E-state index < -0.39 is 0 Å². The highest BCUT2D eigenvalue weighted by molar-refractivity contribution is 5.95. The quantitative estimate of drug-likeness (QED) is 0.495. The SMILES string of the molecule is COc1ccc2cc1Oc1cccc(c1)CO[C@H]1CN(c3cc(C(=O)N4CCOCC4)ccn3)C[C@@H]1NC(=O)CN(C)C2. The van der Waals surface area contributed by atoms with Gasteiger partial charge in [-0.25, -0.2) is 4.98 Å². The smallest absolute Gasteiger partial charge is 0.254 e. The van der Waals surface area contributed by atoms with Gasteiger partial charge in [-0.1, -0.05) is 18.2 Å². The molecule has 4 bridgehead atoms. The second-order valence-electron chi connectivity index (χ2n) is 11.1. The lowest BCUT2D eigenvalue weighted by molar-refractivity contribution is -0.123. The number of nitrogens with zero attached hydrogens (tertiary/aromatic N) is 4. The van der Waals surface area contributed by atoms with Crippen molar-refractivity contribution in [2.24, 2.45) is 0 Å². The molecule has 1 N–H and O–H groups in total. The van der Waals surface area contributed by atoms with Gasteiger partial charge in [0.1, 0.15) is 11.6 Å². The van der Waals surface area contributed by atoms with Crippen LogP contribution in [0.4, 0.5) is 5.82 Å². The predicted molar refractivity (Wildman–Crippen MR) is 160 cm³/mol. The van der Waals surface area contributed by atoms with E-state index in [-0.39, 0.29) is 30.5 Å². The summed E-state index contributed by atoms with van der Waals surface area (Å²) in [4.78, 5) is 36.7. The zero-order chi connectivity index (χ0) is 29.8. The number of fused-ring (bicyclic) bond motifs is 5. The molecule has 0 radical (unpaired) electrons. The molecule has 2 aromatic carbocycles. The standard InChI is InChI=1S/C32H37N5O6/c1-35-17-22-6-7-27(40-2)28(15-22)43-25-5-3-4-23(14-25)21-42-29-19-37(18-26(29)34-31(38)20-35)30-16-24(8-9-33-30)32(39)36-10-12-41-13-11-36/h3-9,14-16,26,29H,10-13,17-21H2,1-2H3,(H,34,38)/t26-,29-/m0/s1. The zero-order valence-electron chi connectivity index (χ0n) is 24.5. The maximum Gasteiger partial charge on any atom is 0.254 e. The molecule has 2 fully saturated rings. The Balaban J connectivity index is 1.23. The van der Waals surface area contributed by atoms with Crippen LogP contribution in [0.2, 0.25) is 0 Å². The first kappa shape index (κ1) is 28.9. The van der Waals surface area contributed by atoms with Gasteiger partial charge in [0.15, 0.2) is 11.5 Å². The lowest BCUT2D eigenvalue weighted by Crippen LogP contribution is -2.47. The van der Waals surface area contributed by atoms with Crippen LogP contribution >= 0.6 is 0 Å². The summed E-state index contributed by atoms with van der Waals surface area (Å²) in [6, 6.07) is 16.9. The van der Waals surface area contributed by atoms with Crippen LogP contribution in [-0.2, 0) is 27.4 Å². The number of amides is 2. The molecule has 4 heterocycles. The molecule has 2 saturated heterocycles. The van der Waals surface area contributed by atoms with E-state index in [9.17, 15) is 9.59 Å². The topological polar surface area (TPSA) is 106 Å². The van der Waals surface area contributed by atoms with Crippen molar-refractivity contribution in [3.8, 4) is 17.2 Å². The molecular weight excluding hydrogens is 550 g/mol. The number of pyridine rings is 1. The maximum atomic E-state index is 13.2. The molecule has 0 spiro atoms. The second-order valence-corrected chi connectivity index (χ2v) is 11.1. The van der Waals surface area contributed by atoms with Gasteiger partial charge in [0, 0.05) is 44.5 Å². The average Bonchev–Trinajstić information content (AvgIpc) is 3.42. The van der Waals surface area contributed by atoms with Crippen LogP contribution in [0.3, 0.4) is 0 Å². The van der Waals surface area contributed by atoms with Gasteiger partial charge >= 0.3 is 0 Å². The number of hydrogen-bond donors (Lipinski definition) is 1. The van der Waals surface area contributed by atoms with Gasteiger partial charge in [-0.2, -0.15) is 0 Å². The van der Waals surface area contributed by atoms with Crippen LogP contribution in [0, 0.1) is 0 Å². The van der Waals surface area contributed by atoms with E-state index in [2.05, 4.69) is 15.2 Å². The number of benzene rings is 2. The number of aromatic nitrogens is 1. The zero-order valence-corrected chi connectivity index (χ0v) is 24.5. The third-order valence-corrected chi connectivity index (χ3v) is 7.91. The predicted octanol–water partition coefficient (Wildman–Crippen LogP) is 2.69. The number of anilines is 1. The lowest BCUT2D eigenvalue weighted by Gasteiger charge is -2.27. The number of carbonyl (C=O) groups excluding carboxylic acids is 2. The molecule has 3 aliphatic rings. The monoisotopic (exact) mass is 587 g/mol. The second kappa shape index (κ2) is 13.0. The molecule has 3 aliphatic heterocycles. The number of carbonyl (C=O) groups is 2. The van der Waals surface area contributed by atoms with Crippen LogP contribution in [0.15, 0.2) is 60.8 Å². The van der Waals surface area contributed by atoms with Gasteiger partial charge in [-0.15, -0.1) is 0 Å². The van der Waals surface area contributed by atoms with E-state index in [0.717, 1.165) is 11.1 Å². The van der Waals surface area contributed by atoms with Crippen molar-refractivity contribution in [3.63, 3.8) is 0 Å². The van der Waals surface area contributed by atoms with Crippen molar-refractivity contribution >= 4 is 17.6 Å². The Hall–Kier alpha value is -4.19. The summed E-state index contributed by atoms with van der Waals surface area (Å²) in [6.07, 6.45) is 1.37. The van der Waals surface area contributed by atoms with E-state index in [0.29, 0.717) is 81.2 Å². The van der Waals surface area contributed by atoms with E-state index in [4.69, 9.17) is 18.9 Å². The summed E-state index contributed by atoms with van der Waals surface area (Å²) < 4.78 is 23.6. The van der Waals surface area contributed by atoms with Crippen LogP contribution < -0.4 is 19.7 Å². The summed E-state index contributed by atoms with van der Waals surface area (Å²) in [6.45, 7) is 4.36. The largest absolute Gasteiger partial charge is 0.493 e. The Morgan fingerprint density at radius 3 is 2.72 bits per heavy atom. The molecule has 226 valence electrons. The van der Waals surface area contributed by atoms with E-state index in [1.54, 1.807) is 24.3 Å². The van der Waals surface area contributed by atoms with Gasteiger partial charge in [0.05, 0.1) is 45.6 Å². The summed E-state index contributed by atoms with van der Waals surface area (Å²) in [5, 5.41) is 3.20. The summed E-state index contributed by atoms with van der Waals surface area (Å²) in [5.74, 6) is 2.47. The summed E-state index contributed by atoms with van der Waals surface area (Å²) in [7, 11) is 3.52. The number of methoxy groups -OCH3 is 1. The van der Waals surface area contributed by atoms with Crippen molar-refractivity contribution in [2.75, 3.05) is 65.0 Å². The molecule has 3 aromatic rings. The van der Waals surface area contributed by atoms with E-state index in [1.165, 1.54) is 0 Å². The van der Waals surface area contributed by atoms with Gasteiger partial charge in [0.25, 0.3) is 5.91 Å². The molecule has 6 rings (SSSR count). The number of nitrogens with one attached hydrogen (secondary N) is 1. The Bertz CT molecular complexity index is 1460. The molecule has 0 unspecified atom stereocenters. The number of ether oxygens (including phenoxy) is 4. The molecule has 1 aromatic heterocycles. The maximum absolute atomic E-state index is 13.2. The third-order valence-electron chi connectivity index (χ3n) is 7.91. The number of morpholine rings is 1. The van der Waals surface area contributed by atoms with Gasteiger partial charge in [-0.05, 0) is 54.6 Å². The van der Waals surface area contributed by atoms with Crippen molar-refractivity contribution in [1.82, 2.24) is 20.1 Å². The molecular formula is C32H37N5O6. The normalized spacial score (nSPS) is 21.5. The van der Waals surface area contributed by atoms with Crippen LogP contribution in [0.25, 0.3) is 0 Å². The highest BCUT2D eigenvalue weighted by Gasteiger charge is 2.36. The Morgan fingerprint density at radius 1 is 1.02 bits per heavy atom. The highest BCUT2D eigenvalue weighted by Crippen LogP contribution is 2.33. The first-order chi connectivity index (χ1) is 20.9. The van der Waals surface area contributed by atoms with Crippen molar-refractivity contribution in [3.05, 3.63) is 77.5 Å². The Morgan fingerprint density at radius 2 is 1.88 bits per heavy atom. The van der Waals surface area contributed by atoms with Crippen LogP contribution in [0.1, 0.15) is 21.5 Å². The van der Waals surface area contributed by atoms with Crippen LogP contribution in [0.5, 0.6) is 17.2 Å². The molecule has 11 heteroatoms. The first-order valence-electron chi connectivity index (χ1n) is 14.6. The number of likely N-dealkylation sites (N-methyl/N-ethyl adjacent to an activating group) is 1. The van der Waals surface area contributed by atoms with Crippen molar-refractivity contribution in [2.45, 2.75) is 25.3 Å². The molecule has 11 nitrogen and oxygen atoms in total. The fraction of sp³-hybridized carbons (Fsp3) is 0.406. The fourth-order valence-corrected chi connectivity index (χ4v) is 5.74.